The van der Waals surface area contributed by atoms with Crippen LogP contribution in [0, 0.1) is 13.8 Å². The van der Waals surface area contributed by atoms with Crippen LogP contribution in [0.1, 0.15) is 28.1 Å². The van der Waals surface area contributed by atoms with E-state index in [0.29, 0.717) is 13.1 Å². The van der Waals surface area contributed by atoms with Crippen molar-refractivity contribution in [3.05, 3.63) is 58.4 Å². The molecule has 5 heteroatoms. The van der Waals surface area contributed by atoms with Gasteiger partial charge in [-0.25, -0.2) is 0 Å². The molecule has 0 spiro atoms. The fourth-order valence-corrected chi connectivity index (χ4v) is 2.27. The third-order valence-electron chi connectivity index (χ3n) is 3.81. The molecule has 1 N–H and O–H groups in total. The summed E-state index contributed by atoms with van der Waals surface area (Å²) in [5.74, 6) is 0. The Morgan fingerprint density at radius 3 is 2.14 bits per heavy atom. The van der Waals surface area contributed by atoms with Crippen LogP contribution in [0.4, 0.5) is 13.2 Å². The summed E-state index contributed by atoms with van der Waals surface area (Å²) in [7, 11) is 2.02. The Balaban J connectivity index is 1.93. The Hall–Kier alpha value is -1.75. The molecule has 21 heavy (non-hydrogen) atoms. The van der Waals surface area contributed by atoms with Gasteiger partial charge in [-0.05, 0) is 43.2 Å². The van der Waals surface area contributed by atoms with Crippen molar-refractivity contribution in [1.29, 1.82) is 0 Å². The Kier molecular flexibility index (Phi) is 4.42. The van der Waals surface area contributed by atoms with E-state index in [1.807, 2.05) is 14.0 Å². The molecule has 0 bridgehead atoms. The van der Waals surface area contributed by atoms with Crippen molar-refractivity contribution in [2.45, 2.75) is 33.1 Å². The number of nitrogens with zero attached hydrogens (tertiary/aromatic N) is 1. The second-order valence-electron chi connectivity index (χ2n) is 5.25. The maximum atomic E-state index is 12.5. The molecule has 0 fully saturated rings. The molecule has 2 nitrogen and oxygen atoms in total. The van der Waals surface area contributed by atoms with E-state index in [0.717, 1.165) is 17.7 Å². The molecule has 0 radical (unpaired) electrons. The van der Waals surface area contributed by atoms with Gasteiger partial charge in [0.05, 0.1) is 5.56 Å². The lowest BCUT2D eigenvalue weighted by molar-refractivity contribution is -0.137. The number of halogens is 3. The van der Waals surface area contributed by atoms with E-state index in [2.05, 4.69) is 22.9 Å². The first kappa shape index (κ1) is 15.6. The SMILES string of the molecule is Cc1cc(CNCc2ccc(C(F)(F)F)cc2)c(C)n1C. The van der Waals surface area contributed by atoms with Crippen LogP contribution >= 0.6 is 0 Å². The summed E-state index contributed by atoms with van der Waals surface area (Å²) in [6, 6.07) is 7.39. The van der Waals surface area contributed by atoms with Gasteiger partial charge < -0.3 is 9.88 Å². The average molecular weight is 296 g/mol. The Bertz CT molecular complexity index is 610. The molecule has 0 unspecified atom stereocenters. The minimum atomic E-state index is -4.27. The van der Waals surface area contributed by atoms with Gasteiger partial charge in [-0.3, -0.25) is 0 Å². The molecule has 1 heterocycles. The van der Waals surface area contributed by atoms with Crippen molar-refractivity contribution in [3.63, 3.8) is 0 Å². The van der Waals surface area contributed by atoms with Crippen LogP contribution in [0.2, 0.25) is 0 Å². The molecule has 114 valence electrons. The van der Waals surface area contributed by atoms with Gasteiger partial charge in [-0.15, -0.1) is 0 Å². The molecule has 1 aromatic carbocycles. The summed E-state index contributed by atoms with van der Waals surface area (Å²) in [6.45, 7) is 5.36. The molecule has 0 aliphatic rings. The molecule has 0 saturated carbocycles. The van der Waals surface area contributed by atoms with E-state index in [1.165, 1.54) is 29.1 Å². The molecule has 0 aliphatic heterocycles. The van der Waals surface area contributed by atoms with Crippen molar-refractivity contribution in [1.82, 2.24) is 9.88 Å². The number of hydrogen-bond donors (Lipinski definition) is 1. The summed E-state index contributed by atoms with van der Waals surface area (Å²) in [5, 5.41) is 3.26. The standard InChI is InChI=1S/C16H19F3N2/c1-11-8-14(12(2)21(11)3)10-20-9-13-4-6-15(7-5-13)16(17,18)19/h4-8,20H,9-10H2,1-3H3. The monoisotopic (exact) mass is 296 g/mol. The third kappa shape index (κ3) is 3.67. The minimum absolute atomic E-state index is 0.547. The lowest BCUT2D eigenvalue weighted by Crippen LogP contribution is -2.13. The number of rotatable bonds is 4. The largest absolute Gasteiger partial charge is 0.416 e. The average Bonchev–Trinajstić information content (AvgIpc) is 2.66. The van der Waals surface area contributed by atoms with Crippen molar-refractivity contribution < 1.29 is 13.2 Å². The van der Waals surface area contributed by atoms with Gasteiger partial charge in [0.15, 0.2) is 0 Å². The van der Waals surface area contributed by atoms with Crippen LogP contribution in [-0.4, -0.2) is 4.57 Å². The third-order valence-corrected chi connectivity index (χ3v) is 3.81. The summed E-state index contributed by atoms with van der Waals surface area (Å²) < 4.78 is 39.5. The quantitative estimate of drug-likeness (QED) is 0.904. The first-order chi connectivity index (χ1) is 9.79. The maximum absolute atomic E-state index is 12.5. The number of hydrogen-bond acceptors (Lipinski definition) is 1. The predicted octanol–water partition coefficient (Wildman–Crippen LogP) is 3.95. The summed E-state index contributed by atoms with van der Waals surface area (Å²) in [5.41, 5.74) is 3.84. The van der Waals surface area contributed by atoms with Gasteiger partial charge in [0.25, 0.3) is 0 Å². The minimum Gasteiger partial charge on any atom is -0.352 e. The first-order valence-corrected chi connectivity index (χ1v) is 6.77. The zero-order valence-corrected chi connectivity index (χ0v) is 12.4. The topological polar surface area (TPSA) is 17.0 Å². The first-order valence-electron chi connectivity index (χ1n) is 6.77. The number of aryl methyl sites for hydroxylation is 1. The van der Waals surface area contributed by atoms with Crippen LogP contribution in [0.5, 0.6) is 0 Å². The summed E-state index contributed by atoms with van der Waals surface area (Å²) in [4.78, 5) is 0. The Labute approximate surface area is 122 Å². The molecule has 0 atom stereocenters. The zero-order chi connectivity index (χ0) is 15.6. The van der Waals surface area contributed by atoms with Crippen molar-refractivity contribution in [2.24, 2.45) is 7.05 Å². The summed E-state index contributed by atoms with van der Waals surface area (Å²) in [6.07, 6.45) is -4.27. The van der Waals surface area contributed by atoms with E-state index in [-0.39, 0.29) is 0 Å². The highest BCUT2D eigenvalue weighted by atomic mass is 19.4. The lowest BCUT2D eigenvalue weighted by Gasteiger charge is -2.09. The Morgan fingerprint density at radius 2 is 1.67 bits per heavy atom. The number of aromatic nitrogens is 1. The van der Waals surface area contributed by atoms with Gasteiger partial charge in [-0.1, -0.05) is 12.1 Å². The van der Waals surface area contributed by atoms with Crippen molar-refractivity contribution in [3.8, 4) is 0 Å². The molecule has 0 saturated heterocycles. The van der Waals surface area contributed by atoms with E-state index in [9.17, 15) is 13.2 Å². The second kappa shape index (κ2) is 5.93. The van der Waals surface area contributed by atoms with Gasteiger partial charge in [0.1, 0.15) is 0 Å². The van der Waals surface area contributed by atoms with Gasteiger partial charge >= 0.3 is 6.18 Å². The van der Waals surface area contributed by atoms with Crippen molar-refractivity contribution in [2.75, 3.05) is 0 Å². The molecule has 0 amide bonds. The van der Waals surface area contributed by atoms with Crippen LogP contribution in [0.3, 0.4) is 0 Å². The molecule has 2 rings (SSSR count). The molecule has 0 aliphatic carbocycles. The fraction of sp³-hybridized carbons (Fsp3) is 0.375. The van der Waals surface area contributed by atoms with E-state index in [1.54, 1.807) is 0 Å². The van der Waals surface area contributed by atoms with Gasteiger partial charge in [-0.2, -0.15) is 13.2 Å². The fourth-order valence-electron chi connectivity index (χ4n) is 2.27. The van der Waals surface area contributed by atoms with E-state index >= 15 is 0 Å². The van der Waals surface area contributed by atoms with Crippen LogP contribution < -0.4 is 5.32 Å². The highest BCUT2D eigenvalue weighted by Gasteiger charge is 2.29. The smallest absolute Gasteiger partial charge is 0.352 e. The van der Waals surface area contributed by atoms with Gasteiger partial charge in [0, 0.05) is 31.5 Å². The summed E-state index contributed by atoms with van der Waals surface area (Å²) >= 11 is 0. The van der Waals surface area contributed by atoms with Gasteiger partial charge in [0.2, 0.25) is 0 Å². The number of benzene rings is 1. The van der Waals surface area contributed by atoms with Crippen LogP contribution in [0.25, 0.3) is 0 Å². The predicted molar refractivity (Wildman–Crippen MR) is 76.9 cm³/mol. The highest BCUT2D eigenvalue weighted by Crippen LogP contribution is 2.29. The Morgan fingerprint density at radius 1 is 1.05 bits per heavy atom. The van der Waals surface area contributed by atoms with Crippen LogP contribution in [-0.2, 0) is 26.3 Å². The maximum Gasteiger partial charge on any atom is 0.416 e. The molecule has 2 aromatic rings. The normalized spacial score (nSPS) is 11.9. The molecular weight excluding hydrogens is 277 g/mol. The zero-order valence-electron chi connectivity index (χ0n) is 12.4. The van der Waals surface area contributed by atoms with E-state index in [4.69, 9.17) is 0 Å². The molecule has 1 aromatic heterocycles. The highest BCUT2D eigenvalue weighted by molar-refractivity contribution is 5.27. The van der Waals surface area contributed by atoms with E-state index < -0.39 is 11.7 Å². The number of alkyl halides is 3. The van der Waals surface area contributed by atoms with Crippen molar-refractivity contribution >= 4 is 0 Å². The number of nitrogens with one attached hydrogen (secondary N) is 1. The second-order valence-corrected chi connectivity index (χ2v) is 5.25. The molecular formula is C16H19F3N2. The lowest BCUT2D eigenvalue weighted by atomic mass is 10.1. The van der Waals surface area contributed by atoms with Crippen LogP contribution in [0.15, 0.2) is 30.3 Å².